The average molecular weight is 263 g/mol. The predicted octanol–water partition coefficient (Wildman–Crippen LogP) is 2.23. The number of hydrogen-bond donors (Lipinski definition) is 2. The summed E-state index contributed by atoms with van der Waals surface area (Å²) in [4.78, 5) is 4.47. The zero-order valence-corrected chi connectivity index (χ0v) is 11.6. The minimum atomic E-state index is 0.354. The van der Waals surface area contributed by atoms with Gasteiger partial charge in [-0.2, -0.15) is 0 Å². The Morgan fingerprint density at radius 1 is 1.26 bits per heavy atom. The number of anilines is 1. The Bertz CT molecular complexity index is 474. The van der Waals surface area contributed by atoms with Crippen LogP contribution in [0.5, 0.6) is 11.5 Å². The SMILES string of the molecule is COc1ccc(NC(N)=NC2CCC2C)cc1OC. The van der Waals surface area contributed by atoms with Crippen molar-refractivity contribution in [2.75, 3.05) is 19.5 Å². The van der Waals surface area contributed by atoms with Gasteiger partial charge in [0.25, 0.3) is 0 Å². The lowest BCUT2D eigenvalue weighted by molar-refractivity contribution is 0.284. The molecule has 0 amide bonds. The van der Waals surface area contributed by atoms with Crippen molar-refractivity contribution in [3.8, 4) is 11.5 Å². The second kappa shape index (κ2) is 5.82. The Morgan fingerprint density at radius 3 is 2.53 bits per heavy atom. The maximum absolute atomic E-state index is 5.91. The van der Waals surface area contributed by atoms with Crippen LogP contribution in [0.3, 0.4) is 0 Å². The van der Waals surface area contributed by atoms with Crippen molar-refractivity contribution in [1.82, 2.24) is 0 Å². The molecule has 1 aromatic carbocycles. The van der Waals surface area contributed by atoms with E-state index in [9.17, 15) is 0 Å². The van der Waals surface area contributed by atoms with Crippen molar-refractivity contribution >= 4 is 11.6 Å². The van der Waals surface area contributed by atoms with Crippen molar-refractivity contribution in [3.63, 3.8) is 0 Å². The van der Waals surface area contributed by atoms with Crippen LogP contribution in [0.15, 0.2) is 23.2 Å². The van der Waals surface area contributed by atoms with Gasteiger partial charge in [0.1, 0.15) is 0 Å². The van der Waals surface area contributed by atoms with E-state index in [2.05, 4.69) is 17.2 Å². The number of hydrogen-bond acceptors (Lipinski definition) is 3. The molecule has 2 atom stereocenters. The van der Waals surface area contributed by atoms with Gasteiger partial charge < -0.3 is 20.5 Å². The molecule has 1 aromatic rings. The number of aliphatic imine (C=N–C) groups is 1. The first kappa shape index (κ1) is 13.5. The van der Waals surface area contributed by atoms with E-state index in [-0.39, 0.29) is 0 Å². The highest BCUT2D eigenvalue weighted by Gasteiger charge is 2.26. The summed E-state index contributed by atoms with van der Waals surface area (Å²) in [6.45, 7) is 2.20. The molecule has 104 valence electrons. The molecule has 0 aliphatic heterocycles. The molecule has 1 aliphatic carbocycles. The van der Waals surface area contributed by atoms with E-state index < -0.39 is 0 Å². The molecule has 0 bridgehead atoms. The van der Waals surface area contributed by atoms with E-state index in [0.717, 1.165) is 12.1 Å². The molecule has 0 heterocycles. The van der Waals surface area contributed by atoms with E-state index in [1.54, 1.807) is 14.2 Å². The molecule has 0 saturated heterocycles. The smallest absolute Gasteiger partial charge is 0.193 e. The molecule has 3 N–H and O–H groups in total. The average Bonchev–Trinajstić information content (AvgIpc) is 2.43. The molecule has 5 nitrogen and oxygen atoms in total. The normalized spacial score (nSPS) is 22.6. The number of rotatable bonds is 4. The van der Waals surface area contributed by atoms with Crippen LogP contribution in [0.4, 0.5) is 5.69 Å². The van der Waals surface area contributed by atoms with Gasteiger partial charge in [-0.05, 0) is 30.9 Å². The summed E-state index contributed by atoms with van der Waals surface area (Å²) in [6, 6.07) is 5.91. The van der Waals surface area contributed by atoms with Gasteiger partial charge in [0.05, 0.1) is 20.3 Å². The molecule has 1 aliphatic rings. The lowest BCUT2D eigenvalue weighted by atomic mass is 9.82. The lowest BCUT2D eigenvalue weighted by Crippen LogP contribution is -2.32. The third-order valence-corrected chi connectivity index (χ3v) is 3.54. The number of guanidine groups is 1. The number of benzene rings is 1. The monoisotopic (exact) mass is 263 g/mol. The quantitative estimate of drug-likeness (QED) is 0.645. The van der Waals surface area contributed by atoms with Gasteiger partial charge in [0, 0.05) is 11.8 Å². The third kappa shape index (κ3) is 3.10. The molecule has 0 radical (unpaired) electrons. The van der Waals surface area contributed by atoms with E-state index in [1.165, 1.54) is 6.42 Å². The van der Waals surface area contributed by atoms with Gasteiger partial charge in [-0.25, -0.2) is 4.99 Å². The maximum atomic E-state index is 5.91. The van der Waals surface area contributed by atoms with Crippen LogP contribution in [-0.2, 0) is 0 Å². The number of ether oxygens (including phenoxy) is 2. The fourth-order valence-corrected chi connectivity index (χ4v) is 2.11. The summed E-state index contributed by atoms with van der Waals surface area (Å²) in [5.74, 6) is 2.43. The van der Waals surface area contributed by atoms with Crippen molar-refractivity contribution in [2.24, 2.45) is 16.6 Å². The first-order valence-corrected chi connectivity index (χ1v) is 6.46. The highest BCUT2D eigenvalue weighted by Crippen LogP contribution is 2.31. The Balaban J connectivity index is 2.06. The Morgan fingerprint density at radius 2 is 2.00 bits per heavy atom. The highest BCUT2D eigenvalue weighted by atomic mass is 16.5. The molecule has 19 heavy (non-hydrogen) atoms. The summed E-state index contributed by atoms with van der Waals surface area (Å²) in [6.07, 6.45) is 2.35. The van der Waals surface area contributed by atoms with Gasteiger partial charge in [-0.1, -0.05) is 6.92 Å². The number of methoxy groups -OCH3 is 2. The van der Waals surface area contributed by atoms with Gasteiger partial charge in [-0.3, -0.25) is 0 Å². The zero-order chi connectivity index (χ0) is 13.8. The van der Waals surface area contributed by atoms with Gasteiger partial charge in [-0.15, -0.1) is 0 Å². The standard InChI is InChI=1S/C14H21N3O2/c1-9-4-6-11(9)17-14(15)16-10-5-7-12(18-2)13(8-10)19-3/h5,7-9,11H,4,6H2,1-3H3,(H3,15,16,17). The fourth-order valence-electron chi connectivity index (χ4n) is 2.11. The molecule has 0 spiro atoms. The molecule has 2 rings (SSSR count). The second-order valence-electron chi connectivity index (χ2n) is 4.83. The summed E-state index contributed by atoms with van der Waals surface area (Å²) >= 11 is 0. The van der Waals surface area contributed by atoms with E-state index in [1.807, 2.05) is 18.2 Å². The predicted molar refractivity (Wildman–Crippen MR) is 77.0 cm³/mol. The van der Waals surface area contributed by atoms with Crippen molar-refractivity contribution < 1.29 is 9.47 Å². The van der Waals surface area contributed by atoms with Crippen molar-refractivity contribution in [1.29, 1.82) is 0 Å². The Hall–Kier alpha value is -1.91. The molecular formula is C14H21N3O2. The fraction of sp³-hybridized carbons (Fsp3) is 0.500. The second-order valence-corrected chi connectivity index (χ2v) is 4.83. The third-order valence-electron chi connectivity index (χ3n) is 3.54. The summed E-state index contributed by atoms with van der Waals surface area (Å²) in [5.41, 5.74) is 6.75. The number of nitrogens with zero attached hydrogens (tertiary/aromatic N) is 1. The van der Waals surface area contributed by atoms with Crippen LogP contribution in [0.1, 0.15) is 19.8 Å². The van der Waals surface area contributed by atoms with Gasteiger partial charge in [0.15, 0.2) is 17.5 Å². The first-order valence-electron chi connectivity index (χ1n) is 6.46. The zero-order valence-electron chi connectivity index (χ0n) is 11.6. The molecule has 2 unspecified atom stereocenters. The van der Waals surface area contributed by atoms with Crippen molar-refractivity contribution in [2.45, 2.75) is 25.8 Å². The molecule has 0 aromatic heterocycles. The number of nitrogens with two attached hydrogens (primary N) is 1. The van der Waals surface area contributed by atoms with E-state index >= 15 is 0 Å². The minimum Gasteiger partial charge on any atom is -0.493 e. The number of nitrogens with one attached hydrogen (secondary N) is 1. The van der Waals surface area contributed by atoms with Crippen molar-refractivity contribution in [3.05, 3.63) is 18.2 Å². The van der Waals surface area contributed by atoms with Crippen LogP contribution >= 0.6 is 0 Å². The van der Waals surface area contributed by atoms with E-state index in [0.29, 0.717) is 29.4 Å². The molecule has 1 fully saturated rings. The molecular weight excluding hydrogens is 242 g/mol. The minimum absolute atomic E-state index is 0.354. The van der Waals surface area contributed by atoms with Crippen LogP contribution in [0, 0.1) is 5.92 Å². The summed E-state index contributed by atoms with van der Waals surface area (Å²) in [7, 11) is 3.22. The summed E-state index contributed by atoms with van der Waals surface area (Å²) in [5, 5.41) is 3.08. The Kier molecular flexibility index (Phi) is 4.14. The topological polar surface area (TPSA) is 68.9 Å². The Labute approximate surface area is 113 Å². The van der Waals surface area contributed by atoms with E-state index in [4.69, 9.17) is 15.2 Å². The lowest BCUT2D eigenvalue weighted by Gasteiger charge is -2.30. The van der Waals surface area contributed by atoms with Crippen LogP contribution in [0.2, 0.25) is 0 Å². The first-order chi connectivity index (χ1) is 9.13. The molecule has 5 heteroatoms. The maximum Gasteiger partial charge on any atom is 0.193 e. The highest BCUT2D eigenvalue weighted by molar-refractivity contribution is 5.92. The van der Waals surface area contributed by atoms with Gasteiger partial charge in [0.2, 0.25) is 0 Å². The van der Waals surface area contributed by atoms with Crippen LogP contribution < -0.4 is 20.5 Å². The molecule has 1 saturated carbocycles. The van der Waals surface area contributed by atoms with Crippen LogP contribution in [0.25, 0.3) is 0 Å². The summed E-state index contributed by atoms with van der Waals surface area (Å²) < 4.78 is 10.4. The van der Waals surface area contributed by atoms with Crippen LogP contribution in [-0.4, -0.2) is 26.2 Å². The largest absolute Gasteiger partial charge is 0.493 e. The van der Waals surface area contributed by atoms with Gasteiger partial charge >= 0.3 is 0 Å².